The normalized spacial score (nSPS) is 16.5. The van der Waals surface area contributed by atoms with E-state index in [0.717, 1.165) is 0 Å². The molecule has 0 saturated carbocycles. The van der Waals surface area contributed by atoms with Gasteiger partial charge in [-0.2, -0.15) is 0 Å². The molecule has 1 fully saturated rings. The summed E-state index contributed by atoms with van der Waals surface area (Å²) in [7, 11) is 1.51. The summed E-state index contributed by atoms with van der Waals surface area (Å²) in [6.07, 6.45) is 0. The van der Waals surface area contributed by atoms with Crippen LogP contribution in [0.4, 0.5) is 11.4 Å². The Morgan fingerprint density at radius 1 is 1.05 bits per heavy atom. The van der Waals surface area contributed by atoms with E-state index in [-0.39, 0.29) is 22.1 Å². The minimum absolute atomic E-state index is 0.125. The third-order valence-corrected chi connectivity index (χ3v) is 6.15. The lowest BCUT2D eigenvalue weighted by atomic mass is 9.95. The molecule has 1 aliphatic heterocycles. The van der Waals surface area contributed by atoms with Gasteiger partial charge in [-0.3, -0.25) is 19.3 Å². The first-order valence-corrected chi connectivity index (χ1v) is 11.9. The van der Waals surface area contributed by atoms with Crippen molar-refractivity contribution in [2.75, 3.05) is 23.9 Å². The molecule has 1 saturated heterocycles. The van der Waals surface area contributed by atoms with Gasteiger partial charge in [0.15, 0.2) is 0 Å². The second-order valence-corrected chi connectivity index (χ2v) is 8.66. The van der Waals surface area contributed by atoms with Crippen LogP contribution in [0.3, 0.4) is 0 Å². The van der Waals surface area contributed by atoms with Crippen LogP contribution >= 0.6 is 11.6 Å². The number of nitrogens with one attached hydrogen (secondary N) is 1. The molecule has 0 bridgehead atoms. The molecule has 1 unspecified atom stereocenters. The lowest BCUT2D eigenvalue weighted by Crippen LogP contribution is -2.29. The van der Waals surface area contributed by atoms with Crippen molar-refractivity contribution in [3.8, 4) is 11.5 Å². The molecular formula is C28H25ClN2O6. The topological polar surface area (TPSA) is 105 Å². The average Bonchev–Trinajstić information content (AvgIpc) is 3.15. The van der Waals surface area contributed by atoms with Gasteiger partial charge in [0.05, 0.1) is 30.4 Å². The number of ether oxygens (including phenoxy) is 2. The van der Waals surface area contributed by atoms with Gasteiger partial charge in [0.1, 0.15) is 17.3 Å². The predicted molar refractivity (Wildman–Crippen MR) is 141 cm³/mol. The number of aliphatic hydroxyl groups excluding tert-OH is 1. The molecule has 9 heteroatoms. The van der Waals surface area contributed by atoms with E-state index < -0.39 is 23.5 Å². The van der Waals surface area contributed by atoms with Gasteiger partial charge in [-0.05, 0) is 67.1 Å². The number of Topliss-reactive ketones (excluding diaryl/α,β-unsaturated/α-hetero) is 1. The third-order valence-electron chi connectivity index (χ3n) is 5.82. The van der Waals surface area contributed by atoms with E-state index in [9.17, 15) is 19.5 Å². The number of hydrogen-bond donors (Lipinski definition) is 2. The van der Waals surface area contributed by atoms with Gasteiger partial charge < -0.3 is 19.9 Å². The highest BCUT2D eigenvalue weighted by atomic mass is 35.5. The fourth-order valence-electron chi connectivity index (χ4n) is 4.22. The van der Waals surface area contributed by atoms with Crippen molar-refractivity contribution in [2.45, 2.75) is 19.9 Å². The summed E-state index contributed by atoms with van der Waals surface area (Å²) < 4.78 is 10.9. The Morgan fingerprint density at radius 3 is 2.43 bits per heavy atom. The van der Waals surface area contributed by atoms with Gasteiger partial charge in [0, 0.05) is 23.9 Å². The number of hydrogen-bond acceptors (Lipinski definition) is 6. The predicted octanol–water partition coefficient (Wildman–Crippen LogP) is 5.33. The first kappa shape index (κ1) is 25.8. The molecule has 0 aliphatic carbocycles. The van der Waals surface area contributed by atoms with Crippen LogP contribution in [-0.2, 0) is 14.4 Å². The SMILES string of the molecule is CCOc1ccc(Cl)c(/C(O)=C2\C(=O)C(=O)N(c3ccc(NC(C)=O)cc3)C2c2cccc(OC)c2)c1. The van der Waals surface area contributed by atoms with Crippen molar-refractivity contribution in [3.63, 3.8) is 0 Å². The number of ketones is 1. The van der Waals surface area contributed by atoms with Crippen LogP contribution in [0.15, 0.2) is 72.3 Å². The van der Waals surface area contributed by atoms with Crippen molar-refractivity contribution in [1.82, 2.24) is 0 Å². The van der Waals surface area contributed by atoms with Crippen LogP contribution in [-0.4, -0.2) is 36.4 Å². The number of benzene rings is 3. The molecule has 2 N–H and O–H groups in total. The van der Waals surface area contributed by atoms with Crippen LogP contribution in [0.5, 0.6) is 11.5 Å². The third kappa shape index (κ3) is 5.15. The van der Waals surface area contributed by atoms with E-state index in [1.165, 1.54) is 25.0 Å². The Morgan fingerprint density at radius 2 is 1.78 bits per heavy atom. The number of amides is 2. The van der Waals surface area contributed by atoms with Gasteiger partial charge in [0.2, 0.25) is 5.91 Å². The van der Waals surface area contributed by atoms with E-state index in [4.69, 9.17) is 21.1 Å². The first-order chi connectivity index (χ1) is 17.7. The van der Waals surface area contributed by atoms with Crippen LogP contribution in [0.25, 0.3) is 5.76 Å². The molecule has 2 amide bonds. The molecule has 1 atom stereocenters. The lowest BCUT2D eigenvalue weighted by molar-refractivity contribution is -0.132. The highest BCUT2D eigenvalue weighted by molar-refractivity contribution is 6.52. The van der Waals surface area contributed by atoms with Crippen molar-refractivity contribution in [1.29, 1.82) is 0 Å². The van der Waals surface area contributed by atoms with Gasteiger partial charge in [-0.15, -0.1) is 0 Å². The summed E-state index contributed by atoms with van der Waals surface area (Å²) in [6, 6.07) is 17.1. The Bertz CT molecular complexity index is 1400. The van der Waals surface area contributed by atoms with Gasteiger partial charge in [0.25, 0.3) is 11.7 Å². The van der Waals surface area contributed by atoms with Crippen molar-refractivity contribution >= 4 is 46.3 Å². The maximum absolute atomic E-state index is 13.4. The molecule has 8 nitrogen and oxygen atoms in total. The molecule has 1 aliphatic rings. The van der Waals surface area contributed by atoms with E-state index in [2.05, 4.69) is 5.32 Å². The molecule has 190 valence electrons. The quantitative estimate of drug-likeness (QED) is 0.248. The summed E-state index contributed by atoms with van der Waals surface area (Å²) in [5, 5.41) is 14.3. The first-order valence-electron chi connectivity index (χ1n) is 11.5. The largest absolute Gasteiger partial charge is 0.507 e. The van der Waals surface area contributed by atoms with Crippen LogP contribution in [0.1, 0.15) is 31.0 Å². The molecular weight excluding hydrogens is 496 g/mol. The number of methoxy groups -OCH3 is 1. The van der Waals surface area contributed by atoms with E-state index in [0.29, 0.717) is 35.0 Å². The van der Waals surface area contributed by atoms with Crippen molar-refractivity contribution < 1.29 is 29.0 Å². The molecule has 37 heavy (non-hydrogen) atoms. The summed E-state index contributed by atoms with van der Waals surface area (Å²) in [5.41, 5.74) is 1.52. The second-order valence-electron chi connectivity index (χ2n) is 8.25. The number of aliphatic hydroxyl groups is 1. The second kappa shape index (κ2) is 10.8. The zero-order chi connectivity index (χ0) is 26.7. The highest BCUT2D eigenvalue weighted by Crippen LogP contribution is 2.44. The van der Waals surface area contributed by atoms with Crippen LogP contribution in [0, 0.1) is 0 Å². The Hall–Kier alpha value is -4.30. The molecule has 1 heterocycles. The Balaban J connectivity index is 1.91. The van der Waals surface area contributed by atoms with Crippen LogP contribution in [0.2, 0.25) is 5.02 Å². The minimum atomic E-state index is -0.978. The Labute approximate surface area is 219 Å². The number of carbonyl (C=O) groups is 3. The van der Waals surface area contributed by atoms with Gasteiger partial charge in [-0.25, -0.2) is 0 Å². The minimum Gasteiger partial charge on any atom is -0.507 e. The van der Waals surface area contributed by atoms with Crippen molar-refractivity contribution in [2.24, 2.45) is 0 Å². The molecule has 4 rings (SSSR count). The molecule has 0 aromatic heterocycles. The molecule has 0 radical (unpaired) electrons. The molecule has 0 spiro atoms. The molecule has 3 aromatic carbocycles. The standard InChI is InChI=1S/C28H25ClN2O6/c1-4-37-21-12-13-23(29)22(15-21)26(33)24-25(17-6-5-7-20(14-17)36-3)31(28(35)27(24)34)19-10-8-18(9-11-19)30-16(2)32/h5-15,25,33H,4H2,1-3H3,(H,30,32)/b26-24+. The summed E-state index contributed by atoms with van der Waals surface area (Å²) >= 11 is 6.39. The van der Waals surface area contributed by atoms with Gasteiger partial charge >= 0.3 is 0 Å². The fourth-order valence-corrected chi connectivity index (χ4v) is 4.43. The number of halogens is 1. The zero-order valence-electron chi connectivity index (χ0n) is 20.4. The highest BCUT2D eigenvalue weighted by Gasteiger charge is 2.47. The number of rotatable bonds is 7. The Kier molecular flexibility index (Phi) is 7.50. The smallest absolute Gasteiger partial charge is 0.300 e. The number of anilines is 2. The zero-order valence-corrected chi connectivity index (χ0v) is 21.2. The van der Waals surface area contributed by atoms with E-state index in [1.807, 2.05) is 6.92 Å². The monoisotopic (exact) mass is 520 g/mol. The van der Waals surface area contributed by atoms with Crippen LogP contribution < -0.4 is 19.7 Å². The molecule has 3 aromatic rings. The summed E-state index contributed by atoms with van der Waals surface area (Å²) in [4.78, 5) is 39.5. The average molecular weight is 521 g/mol. The summed E-state index contributed by atoms with van der Waals surface area (Å²) in [5.74, 6) is -1.38. The fraction of sp³-hybridized carbons (Fsp3) is 0.179. The summed E-state index contributed by atoms with van der Waals surface area (Å²) in [6.45, 7) is 3.60. The van der Waals surface area contributed by atoms with Crippen molar-refractivity contribution in [3.05, 3.63) is 88.5 Å². The number of carbonyl (C=O) groups excluding carboxylic acids is 3. The lowest BCUT2D eigenvalue weighted by Gasteiger charge is -2.26. The van der Waals surface area contributed by atoms with E-state index in [1.54, 1.807) is 60.7 Å². The van der Waals surface area contributed by atoms with E-state index >= 15 is 0 Å². The maximum Gasteiger partial charge on any atom is 0.300 e. The maximum atomic E-state index is 13.4. The number of nitrogens with zero attached hydrogens (tertiary/aromatic N) is 1. The van der Waals surface area contributed by atoms with Gasteiger partial charge in [-0.1, -0.05) is 23.7 Å².